The summed E-state index contributed by atoms with van der Waals surface area (Å²) in [6.07, 6.45) is -2.71. The molecule has 1 heterocycles. The van der Waals surface area contributed by atoms with Crippen LogP contribution in [0.3, 0.4) is 0 Å². The van der Waals surface area contributed by atoms with Gasteiger partial charge >= 0.3 is 5.97 Å². The van der Waals surface area contributed by atoms with E-state index < -0.39 is 39.7 Å². The van der Waals surface area contributed by atoms with E-state index in [1.165, 1.54) is 0 Å². The minimum Gasteiger partial charge on any atom is -0.465 e. The van der Waals surface area contributed by atoms with Crippen molar-refractivity contribution in [3.63, 3.8) is 0 Å². The monoisotopic (exact) mass is 248 g/mol. The van der Waals surface area contributed by atoms with Crippen LogP contribution in [0.15, 0.2) is 11.0 Å². The average Bonchev–Trinajstić information content (AvgIpc) is 2.26. The summed E-state index contributed by atoms with van der Waals surface area (Å²) in [4.78, 5) is 33.4. The van der Waals surface area contributed by atoms with Gasteiger partial charge in [0.05, 0.1) is 12.0 Å². The molecule has 0 aliphatic carbocycles. The lowest BCUT2D eigenvalue weighted by molar-refractivity contribution is -0.386. The van der Waals surface area contributed by atoms with Crippen LogP contribution in [0.25, 0.3) is 0 Å². The molecule has 1 aromatic rings. The molecule has 0 atom stereocenters. The number of nitrogens with one attached hydrogen (secondary N) is 1. The summed E-state index contributed by atoms with van der Waals surface area (Å²) < 4.78 is 29.2. The molecule has 9 heteroatoms. The van der Waals surface area contributed by atoms with Crippen molar-refractivity contribution in [3.8, 4) is 0 Å². The Labute approximate surface area is 92.2 Å². The predicted octanol–water partition coefficient (Wildman–Crippen LogP) is 1.01. The van der Waals surface area contributed by atoms with E-state index in [1.54, 1.807) is 0 Å². The van der Waals surface area contributed by atoms with Gasteiger partial charge in [0.15, 0.2) is 11.1 Å². The molecule has 0 unspecified atom stereocenters. The minimum atomic E-state index is -3.37. The zero-order valence-electron chi connectivity index (χ0n) is 8.40. The Morgan fingerprint density at radius 2 is 2.18 bits per heavy atom. The van der Waals surface area contributed by atoms with Crippen molar-refractivity contribution in [2.24, 2.45) is 0 Å². The molecular formula is C8H6F2N2O5. The topological polar surface area (TPSA) is 102 Å². The van der Waals surface area contributed by atoms with Crippen LogP contribution in [0.4, 0.5) is 14.5 Å². The van der Waals surface area contributed by atoms with Gasteiger partial charge in [0.2, 0.25) is 0 Å². The summed E-state index contributed by atoms with van der Waals surface area (Å²) in [5.74, 6) is -1.19. The maximum atomic E-state index is 12.5. The van der Waals surface area contributed by atoms with E-state index in [0.29, 0.717) is 6.20 Å². The Morgan fingerprint density at radius 3 is 2.59 bits per heavy atom. The van der Waals surface area contributed by atoms with E-state index in [-0.39, 0.29) is 0 Å². The van der Waals surface area contributed by atoms with Gasteiger partial charge in [-0.3, -0.25) is 14.9 Å². The summed E-state index contributed by atoms with van der Waals surface area (Å²) in [5.41, 5.74) is -4.65. The highest BCUT2D eigenvalue weighted by Gasteiger charge is 2.32. The van der Waals surface area contributed by atoms with E-state index in [9.17, 15) is 28.5 Å². The number of nitrogens with zero attached hydrogens (tertiary/aromatic N) is 1. The van der Waals surface area contributed by atoms with Crippen molar-refractivity contribution < 1.29 is 23.2 Å². The van der Waals surface area contributed by atoms with Crippen molar-refractivity contribution in [1.82, 2.24) is 4.98 Å². The van der Waals surface area contributed by atoms with Gasteiger partial charge in [-0.2, -0.15) is 0 Å². The van der Waals surface area contributed by atoms with Crippen molar-refractivity contribution in [2.45, 2.75) is 6.43 Å². The Balaban J connectivity index is 3.65. The molecule has 7 nitrogen and oxygen atoms in total. The zero-order chi connectivity index (χ0) is 13.2. The SMILES string of the molecule is COC(=O)c1c[nH]c(=O)c(C(F)F)c1[N+](=O)[O-]. The number of ether oxygens (including phenoxy) is 1. The number of hydrogen-bond donors (Lipinski definition) is 1. The summed E-state index contributed by atoms with van der Waals surface area (Å²) in [6, 6.07) is 0. The molecule has 0 saturated carbocycles. The first-order chi connectivity index (χ1) is 7.90. The van der Waals surface area contributed by atoms with Gasteiger partial charge in [0, 0.05) is 6.20 Å². The van der Waals surface area contributed by atoms with E-state index >= 15 is 0 Å². The molecule has 92 valence electrons. The molecule has 17 heavy (non-hydrogen) atoms. The van der Waals surface area contributed by atoms with Gasteiger partial charge in [-0.1, -0.05) is 0 Å². The quantitative estimate of drug-likeness (QED) is 0.488. The Kier molecular flexibility index (Phi) is 3.51. The second-order valence-electron chi connectivity index (χ2n) is 2.84. The third kappa shape index (κ3) is 2.27. The molecule has 0 aromatic carbocycles. The number of methoxy groups -OCH3 is 1. The first-order valence-electron chi connectivity index (χ1n) is 4.16. The average molecular weight is 248 g/mol. The Bertz CT molecular complexity index is 525. The van der Waals surface area contributed by atoms with Gasteiger partial charge in [0.25, 0.3) is 17.7 Å². The first kappa shape index (κ1) is 12.7. The van der Waals surface area contributed by atoms with E-state index in [0.717, 1.165) is 7.11 Å². The number of carbonyl (C=O) groups excluding carboxylic acids is 1. The molecule has 1 aromatic heterocycles. The maximum Gasteiger partial charge on any atom is 0.346 e. The van der Waals surface area contributed by atoms with E-state index in [2.05, 4.69) is 4.74 Å². The Hall–Kier alpha value is -2.32. The van der Waals surface area contributed by atoms with E-state index in [1.807, 2.05) is 4.98 Å². The van der Waals surface area contributed by atoms with Crippen LogP contribution in [0.2, 0.25) is 0 Å². The van der Waals surface area contributed by atoms with Crippen molar-refractivity contribution in [2.75, 3.05) is 7.11 Å². The molecule has 0 saturated heterocycles. The fraction of sp³-hybridized carbons (Fsp3) is 0.250. The second-order valence-corrected chi connectivity index (χ2v) is 2.84. The fourth-order valence-electron chi connectivity index (χ4n) is 1.20. The van der Waals surface area contributed by atoms with E-state index in [4.69, 9.17) is 0 Å². The van der Waals surface area contributed by atoms with Crippen LogP contribution in [-0.2, 0) is 4.74 Å². The smallest absolute Gasteiger partial charge is 0.346 e. The standard InChI is InChI=1S/C8H6F2N2O5/c1-17-8(14)3-2-11-7(13)4(6(9)10)5(3)12(15)16/h2,6H,1H3,(H,11,13). The molecule has 1 rings (SSSR count). The zero-order valence-corrected chi connectivity index (χ0v) is 8.40. The minimum absolute atomic E-state index is 0.665. The lowest BCUT2D eigenvalue weighted by Gasteiger charge is -2.04. The van der Waals surface area contributed by atoms with Gasteiger partial charge < -0.3 is 9.72 Å². The number of aromatic amines is 1. The highest BCUT2D eigenvalue weighted by molar-refractivity contribution is 5.94. The van der Waals surface area contributed by atoms with Crippen molar-refractivity contribution in [3.05, 3.63) is 37.8 Å². The van der Waals surface area contributed by atoms with Crippen molar-refractivity contribution in [1.29, 1.82) is 0 Å². The molecule has 0 radical (unpaired) electrons. The molecule has 0 aliphatic rings. The van der Waals surface area contributed by atoms with Crippen LogP contribution in [-0.4, -0.2) is 23.0 Å². The number of aromatic nitrogens is 1. The lowest BCUT2D eigenvalue weighted by Crippen LogP contribution is -2.19. The van der Waals surface area contributed by atoms with Gasteiger partial charge in [-0.15, -0.1) is 0 Å². The summed E-state index contributed by atoms with van der Waals surface area (Å²) in [5, 5.41) is 10.6. The van der Waals surface area contributed by atoms with Crippen LogP contribution in [0, 0.1) is 10.1 Å². The lowest BCUT2D eigenvalue weighted by atomic mass is 10.1. The molecule has 0 bridgehead atoms. The molecule has 1 N–H and O–H groups in total. The highest BCUT2D eigenvalue weighted by Crippen LogP contribution is 2.28. The number of alkyl halides is 2. The van der Waals surface area contributed by atoms with Crippen LogP contribution < -0.4 is 5.56 Å². The maximum absolute atomic E-state index is 12.5. The third-order valence-corrected chi connectivity index (χ3v) is 1.91. The molecule has 0 amide bonds. The highest BCUT2D eigenvalue weighted by atomic mass is 19.3. The number of hydrogen-bond acceptors (Lipinski definition) is 5. The van der Waals surface area contributed by atoms with Gasteiger partial charge in [0.1, 0.15) is 0 Å². The predicted molar refractivity (Wildman–Crippen MR) is 50.0 cm³/mol. The number of nitro groups is 1. The number of rotatable bonds is 3. The molecule has 0 aliphatic heterocycles. The number of H-pyrrole nitrogens is 1. The van der Waals surface area contributed by atoms with Gasteiger partial charge in [-0.25, -0.2) is 13.6 Å². The van der Waals surface area contributed by atoms with Crippen LogP contribution >= 0.6 is 0 Å². The summed E-state index contributed by atoms with van der Waals surface area (Å²) in [6.45, 7) is 0. The largest absolute Gasteiger partial charge is 0.465 e. The first-order valence-corrected chi connectivity index (χ1v) is 4.16. The molecule has 0 spiro atoms. The number of pyridine rings is 1. The molecular weight excluding hydrogens is 242 g/mol. The summed E-state index contributed by atoms with van der Waals surface area (Å²) >= 11 is 0. The number of esters is 1. The second kappa shape index (κ2) is 4.68. The van der Waals surface area contributed by atoms with Gasteiger partial charge in [-0.05, 0) is 0 Å². The number of halogens is 2. The third-order valence-electron chi connectivity index (χ3n) is 1.91. The van der Waals surface area contributed by atoms with Crippen molar-refractivity contribution >= 4 is 11.7 Å². The fourth-order valence-corrected chi connectivity index (χ4v) is 1.20. The number of carbonyl (C=O) groups is 1. The summed E-state index contributed by atoms with van der Waals surface area (Å²) in [7, 11) is 0.930. The Morgan fingerprint density at radius 1 is 1.59 bits per heavy atom. The normalized spacial score (nSPS) is 10.4. The molecule has 0 fully saturated rings. The van der Waals surface area contributed by atoms with Crippen LogP contribution in [0.5, 0.6) is 0 Å². The van der Waals surface area contributed by atoms with Crippen LogP contribution in [0.1, 0.15) is 22.3 Å².